The highest BCUT2D eigenvalue weighted by atomic mass is 16.2. The van der Waals surface area contributed by atoms with E-state index in [-0.39, 0.29) is 23.8 Å². The summed E-state index contributed by atoms with van der Waals surface area (Å²) in [7, 11) is 0. The summed E-state index contributed by atoms with van der Waals surface area (Å²) in [4.78, 5) is 30.4. The van der Waals surface area contributed by atoms with Crippen molar-refractivity contribution in [3.8, 4) is 11.3 Å². The molecule has 0 fully saturated rings. The number of H-pyrrole nitrogens is 1. The molecule has 0 spiro atoms. The monoisotopic (exact) mass is 268 g/mol. The molecule has 3 rings (SSSR count). The van der Waals surface area contributed by atoms with Crippen molar-refractivity contribution in [2.24, 2.45) is 5.10 Å². The lowest BCUT2D eigenvalue weighted by molar-refractivity contribution is -0.117. The van der Waals surface area contributed by atoms with Crippen LogP contribution in [0.1, 0.15) is 13.3 Å². The number of carbonyl (C=O) groups excluding carboxylic acids is 1. The summed E-state index contributed by atoms with van der Waals surface area (Å²) >= 11 is 0. The van der Waals surface area contributed by atoms with E-state index in [0.29, 0.717) is 11.4 Å². The van der Waals surface area contributed by atoms with Gasteiger partial charge in [0.25, 0.3) is 11.5 Å². The Morgan fingerprint density at radius 3 is 2.60 bits per heavy atom. The topological polar surface area (TPSA) is 78.4 Å². The van der Waals surface area contributed by atoms with E-state index in [4.69, 9.17) is 0 Å². The van der Waals surface area contributed by atoms with Crippen LogP contribution in [0.5, 0.6) is 0 Å². The van der Waals surface area contributed by atoms with Crippen molar-refractivity contribution < 1.29 is 4.79 Å². The number of hydrazone groups is 1. The molecule has 2 aromatic rings. The van der Waals surface area contributed by atoms with Crippen LogP contribution in [0.25, 0.3) is 11.3 Å². The number of amides is 1. The Balaban J connectivity index is 2.08. The first-order valence-corrected chi connectivity index (χ1v) is 6.17. The van der Waals surface area contributed by atoms with Gasteiger partial charge in [0, 0.05) is 17.3 Å². The lowest BCUT2D eigenvalue weighted by atomic mass is 10.1. The lowest BCUT2D eigenvalue weighted by Crippen LogP contribution is -2.24. The number of hydrogen-bond donors (Lipinski definition) is 1. The second-order valence-electron chi connectivity index (χ2n) is 4.54. The summed E-state index contributed by atoms with van der Waals surface area (Å²) < 4.78 is 0. The van der Waals surface area contributed by atoms with Gasteiger partial charge in [-0.2, -0.15) is 10.1 Å². The van der Waals surface area contributed by atoms with Crippen LogP contribution in [-0.4, -0.2) is 21.6 Å². The third kappa shape index (κ3) is 2.23. The molecule has 0 saturated carbocycles. The van der Waals surface area contributed by atoms with E-state index in [2.05, 4.69) is 15.1 Å². The van der Waals surface area contributed by atoms with E-state index in [9.17, 15) is 9.59 Å². The zero-order chi connectivity index (χ0) is 14.1. The normalized spacial score (nSPS) is 14.6. The average molecular weight is 268 g/mol. The third-order valence-electron chi connectivity index (χ3n) is 2.91. The molecule has 1 aromatic carbocycles. The Morgan fingerprint density at radius 2 is 1.95 bits per heavy atom. The Morgan fingerprint density at radius 1 is 1.20 bits per heavy atom. The molecule has 0 aliphatic carbocycles. The summed E-state index contributed by atoms with van der Waals surface area (Å²) in [6, 6.07) is 10.7. The predicted octanol–water partition coefficient (Wildman–Crippen LogP) is 1.55. The quantitative estimate of drug-likeness (QED) is 0.897. The van der Waals surface area contributed by atoms with Gasteiger partial charge in [0.05, 0.1) is 12.1 Å². The summed E-state index contributed by atoms with van der Waals surface area (Å²) in [5.41, 5.74) is 1.70. The number of aromatic nitrogens is 2. The van der Waals surface area contributed by atoms with Crippen molar-refractivity contribution in [2.75, 3.05) is 5.01 Å². The number of benzene rings is 1. The van der Waals surface area contributed by atoms with E-state index >= 15 is 0 Å². The molecule has 100 valence electrons. The highest BCUT2D eigenvalue weighted by molar-refractivity contribution is 6.11. The van der Waals surface area contributed by atoms with Crippen molar-refractivity contribution in [1.82, 2.24) is 9.97 Å². The zero-order valence-electron chi connectivity index (χ0n) is 10.8. The van der Waals surface area contributed by atoms with Crippen molar-refractivity contribution in [3.05, 3.63) is 46.8 Å². The van der Waals surface area contributed by atoms with Crippen LogP contribution in [0.15, 0.2) is 46.3 Å². The van der Waals surface area contributed by atoms with Gasteiger partial charge >= 0.3 is 0 Å². The predicted molar refractivity (Wildman–Crippen MR) is 75.5 cm³/mol. The van der Waals surface area contributed by atoms with Crippen molar-refractivity contribution >= 4 is 17.6 Å². The van der Waals surface area contributed by atoms with Crippen LogP contribution in [-0.2, 0) is 4.79 Å². The first kappa shape index (κ1) is 12.3. The molecule has 1 aromatic heterocycles. The van der Waals surface area contributed by atoms with Crippen LogP contribution < -0.4 is 10.6 Å². The fraction of sp³-hybridized carbons (Fsp3) is 0.143. The second-order valence-corrected chi connectivity index (χ2v) is 4.54. The minimum Gasteiger partial charge on any atom is -0.291 e. The number of anilines is 1. The smallest absolute Gasteiger partial charge is 0.255 e. The molecule has 1 amide bonds. The minimum atomic E-state index is -0.318. The Kier molecular flexibility index (Phi) is 2.90. The number of nitrogens with one attached hydrogen (secondary N) is 1. The molecule has 6 nitrogen and oxygen atoms in total. The maximum atomic E-state index is 11.8. The van der Waals surface area contributed by atoms with Gasteiger partial charge in [0.2, 0.25) is 5.95 Å². The molecule has 0 bridgehead atoms. The first-order valence-electron chi connectivity index (χ1n) is 6.17. The van der Waals surface area contributed by atoms with E-state index in [1.54, 1.807) is 6.92 Å². The molecule has 1 aliphatic rings. The fourth-order valence-corrected chi connectivity index (χ4v) is 2.02. The van der Waals surface area contributed by atoms with Crippen molar-refractivity contribution in [3.63, 3.8) is 0 Å². The number of nitrogens with zero attached hydrogens (tertiary/aromatic N) is 3. The summed E-state index contributed by atoms with van der Waals surface area (Å²) in [5, 5.41) is 5.23. The van der Waals surface area contributed by atoms with Gasteiger partial charge in [0.15, 0.2) is 0 Å². The summed E-state index contributed by atoms with van der Waals surface area (Å²) in [5.74, 6) is -0.0472. The summed E-state index contributed by atoms with van der Waals surface area (Å²) in [6.07, 6.45) is 0.249. The molecule has 2 heterocycles. The maximum absolute atomic E-state index is 11.8. The van der Waals surface area contributed by atoms with Crippen LogP contribution in [0.3, 0.4) is 0 Å². The molecular weight excluding hydrogens is 256 g/mol. The zero-order valence-corrected chi connectivity index (χ0v) is 10.8. The number of aromatic amines is 1. The average Bonchev–Trinajstić information content (AvgIpc) is 2.78. The van der Waals surface area contributed by atoms with Gasteiger partial charge in [-0.3, -0.25) is 14.6 Å². The van der Waals surface area contributed by atoms with E-state index in [1.165, 1.54) is 6.07 Å². The van der Waals surface area contributed by atoms with Crippen molar-refractivity contribution in [1.29, 1.82) is 0 Å². The number of hydrogen-bond acceptors (Lipinski definition) is 4. The van der Waals surface area contributed by atoms with Gasteiger partial charge in [0.1, 0.15) is 0 Å². The van der Waals surface area contributed by atoms with E-state index in [0.717, 1.165) is 10.6 Å². The van der Waals surface area contributed by atoms with E-state index in [1.807, 2.05) is 30.3 Å². The van der Waals surface area contributed by atoms with Crippen molar-refractivity contribution in [2.45, 2.75) is 13.3 Å². The molecule has 0 radical (unpaired) electrons. The van der Waals surface area contributed by atoms with E-state index < -0.39 is 0 Å². The molecular formula is C14H12N4O2. The van der Waals surface area contributed by atoms with Gasteiger partial charge in [-0.25, -0.2) is 4.98 Å². The molecule has 6 heteroatoms. The fourth-order valence-electron chi connectivity index (χ4n) is 2.02. The standard InChI is InChI=1S/C14H12N4O2/c1-9-7-13(20)18(17-9)14-15-11(8-12(19)16-14)10-5-3-2-4-6-10/h2-6,8H,7H2,1H3,(H,15,16,19). The largest absolute Gasteiger partial charge is 0.291 e. The SMILES string of the molecule is CC1=NN(c2nc(-c3ccccc3)cc(=O)[nH]2)C(=O)C1. The van der Waals surface area contributed by atoms with Crippen LogP contribution in [0, 0.1) is 0 Å². The van der Waals surface area contributed by atoms with Gasteiger partial charge in [-0.1, -0.05) is 30.3 Å². The minimum absolute atomic E-state index is 0.151. The number of rotatable bonds is 2. The Bertz CT molecular complexity index is 749. The van der Waals surface area contributed by atoms with Crippen LogP contribution in [0.4, 0.5) is 5.95 Å². The molecule has 0 unspecified atom stereocenters. The molecule has 20 heavy (non-hydrogen) atoms. The highest BCUT2D eigenvalue weighted by Gasteiger charge is 2.25. The summed E-state index contributed by atoms with van der Waals surface area (Å²) in [6.45, 7) is 1.76. The van der Waals surface area contributed by atoms with Gasteiger partial charge < -0.3 is 0 Å². The number of carbonyl (C=O) groups is 1. The molecule has 1 N–H and O–H groups in total. The maximum Gasteiger partial charge on any atom is 0.255 e. The van der Waals surface area contributed by atoms with Crippen LogP contribution in [0.2, 0.25) is 0 Å². The van der Waals surface area contributed by atoms with Crippen LogP contribution >= 0.6 is 0 Å². The second kappa shape index (κ2) is 4.73. The van der Waals surface area contributed by atoms with Gasteiger partial charge in [-0.15, -0.1) is 0 Å². The molecule has 0 atom stereocenters. The lowest BCUT2D eigenvalue weighted by Gasteiger charge is -2.11. The first-order chi connectivity index (χ1) is 9.63. The highest BCUT2D eigenvalue weighted by Crippen LogP contribution is 2.19. The Labute approximate surface area is 114 Å². The molecule has 1 aliphatic heterocycles. The van der Waals surface area contributed by atoms with Gasteiger partial charge in [-0.05, 0) is 6.92 Å². The third-order valence-corrected chi connectivity index (χ3v) is 2.91. The molecule has 0 saturated heterocycles. The Hall–Kier alpha value is -2.76.